The number of carboxylic acid groups (broad SMARTS) is 1. The van der Waals surface area contributed by atoms with Crippen LogP contribution in [0.2, 0.25) is 0 Å². The van der Waals surface area contributed by atoms with Gasteiger partial charge in [0.25, 0.3) is 0 Å². The van der Waals surface area contributed by atoms with Gasteiger partial charge in [-0.2, -0.15) is 0 Å². The first-order chi connectivity index (χ1) is 9.15. The maximum Gasteiger partial charge on any atom is 0.311 e. The number of carbonyl (C=O) groups is 1. The Bertz CT molecular complexity index is 654. The Morgan fingerprint density at radius 3 is 2.89 bits per heavy atom. The van der Waals surface area contributed by atoms with E-state index in [-0.39, 0.29) is 5.82 Å². The Balaban J connectivity index is 2.02. The Hall–Kier alpha value is -2.23. The molecule has 1 aromatic carbocycles. The quantitative estimate of drug-likeness (QED) is 0.899. The number of fused-ring (bicyclic) bond motifs is 1. The molecule has 3 rings (SSSR count). The molecular weight excluding hydrogens is 245 g/mol. The Morgan fingerprint density at radius 1 is 1.32 bits per heavy atom. The molecule has 96 valence electrons. The lowest BCUT2D eigenvalue weighted by molar-refractivity contribution is -0.138. The predicted octanol–water partition coefficient (Wildman–Crippen LogP) is 3.00. The third kappa shape index (κ3) is 2.10. The van der Waals surface area contributed by atoms with Gasteiger partial charge in [0.05, 0.1) is 11.6 Å². The molecule has 2 aromatic rings. The van der Waals surface area contributed by atoms with Crippen molar-refractivity contribution in [3.05, 3.63) is 53.5 Å². The summed E-state index contributed by atoms with van der Waals surface area (Å²) in [6.45, 7) is 0. The van der Waals surface area contributed by atoms with Crippen LogP contribution in [0.4, 0.5) is 4.39 Å². The standard InChI is InChI=1S/C15H12FNO2/c16-10-3-1-2-9(8-10)13-6-4-11-12(15(18)19)5-7-14(11)17-13/h1-4,6,8,12H,5,7H2,(H,18,19). The van der Waals surface area contributed by atoms with Crippen LogP contribution in [-0.2, 0) is 11.2 Å². The lowest BCUT2D eigenvalue weighted by atomic mass is 10.0. The van der Waals surface area contributed by atoms with Gasteiger partial charge in [0, 0.05) is 11.3 Å². The van der Waals surface area contributed by atoms with Crippen LogP contribution in [0.1, 0.15) is 23.6 Å². The Kier molecular flexibility index (Phi) is 2.78. The van der Waals surface area contributed by atoms with Crippen LogP contribution in [0.5, 0.6) is 0 Å². The summed E-state index contributed by atoms with van der Waals surface area (Å²) in [7, 11) is 0. The molecule has 1 atom stereocenters. The number of aryl methyl sites for hydroxylation is 1. The molecule has 0 saturated heterocycles. The highest BCUT2D eigenvalue weighted by atomic mass is 19.1. The van der Waals surface area contributed by atoms with E-state index in [2.05, 4.69) is 4.98 Å². The topological polar surface area (TPSA) is 50.2 Å². The molecule has 1 unspecified atom stereocenters. The molecule has 0 radical (unpaired) electrons. The minimum Gasteiger partial charge on any atom is -0.481 e. The first-order valence-corrected chi connectivity index (χ1v) is 6.14. The van der Waals surface area contributed by atoms with Crippen LogP contribution in [-0.4, -0.2) is 16.1 Å². The third-order valence-corrected chi connectivity index (χ3v) is 3.47. The number of halogens is 1. The third-order valence-electron chi connectivity index (χ3n) is 3.47. The van der Waals surface area contributed by atoms with E-state index in [4.69, 9.17) is 5.11 Å². The van der Waals surface area contributed by atoms with Crippen molar-refractivity contribution < 1.29 is 14.3 Å². The summed E-state index contributed by atoms with van der Waals surface area (Å²) in [6, 6.07) is 9.81. The molecule has 3 nitrogen and oxygen atoms in total. The van der Waals surface area contributed by atoms with Crippen LogP contribution in [0, 0.1) is 5.82 Å². The van der Waals surface area contributed by atoms with Gasteiger partial charge < -0.3 is 5.11 Å². The monoisotopic (exact) mass is 257 g/mol. The second kappa shape index (κ2) is 4.46. The zero-order valence-electron chi connectivity index (χ0n) is 10.1. The maximum absolute atomic E-state index is 13.2. The van der Waals surface area contributed by atoms with E-state index >= 15 is 0 Å². The minimum absolute atomic E-state index is 0.303. The molecule has 0 aliphatic heterocycles. The second-order valence-corrected chi connectivity index (χ2v) is 4.67. The molecule has 1 aliphatic rings. The predicted molar refractivity (Wildman–Crippen MR) is 68.3 cm³/mol. The van der Waals surface area contributed by atoms with Crippen molar-refractivity contribution in [2.24, 2.45) is 0 Å². The van der Waals surface area contributed by atoms with Gasteiger partial charge >= 0.3 is 5.97 Å². The highest BCUT2D eigenvalue weighted by Crippen LogP contribution is 2.33. The number of rotatable bonds is 2. The van der Waals surface area contributed by atoms with Crippen molar-refractivity contribution in [1.29, 1.82) is 0 Å². The number of benzene rings is 1. The van der Waals surface area contributed by atoms with Gasteiger partial charge in [0.2, 0.25) is 0 Å². The van der Waals surface area contributed by atoms with Crippen molar-refractivity contribution in [1.82, 2.24) is 4.98 Å². The smallest absolute Gasteiger partial charge is 0.311 e. The van der Waals surface area contributed by atoms with E-state index in [0.29, 0.717) is 24.1 Å². The van der Waals surface area contributed by atoms with Gasteiger partial charge in [-0.15, -0.1) is 0 Å². The molecule has 1 heterocycles. The van der Waals surface area contributed by atoms with Gasteiger partial charge in [-0.1, -0.05) is 18.2 Å². The summed E-state index contributed by atoms with van der Waals surface area (Å²) < 4.78 is 13.2. The van der Waals surface area contributed by atoms with Crippen LogP contribution < -0.4 is 0 Å². The van der Waals surface area contributed by atoms with Crippen molar-refractivity contribution in [3.63, 3.8) is 0 Å². The number of aromatic nitrogens is 1. The summed E-state index contributed by atoms with van der Waals surface area (Å²) in [5.41, 5.74) is 2.99. The number of hydrogen-bond acceptors (Lipinski definition) is 2. The number of pyridine rings is 1. The molecule has 0 amide bonds. The minimum atomic E-state index is -0.806. The fourth-order valence-corrected chi connectivity index (χ4v) is 2.53. The van der Waals surface area contributed by atoms with Crippen molar-refractivity contribution in [2.75, 3.05) is 0 Å². The fraction of sp³-hybridized carbons (Fsp3) is 0.200. The van der Waals surface area contributed by atoms with Crippen LogP contribution >= 0.6 is 0 Å². The first-order valence-electron chi connectivity index (χ1n) is 6.14. The molecule has 1 aliphatic carbocycles. The van der Waals surface area contributed by atoms with Gasteiger partial charge in [0.1, 0.15) is 5.82 Å². The molecule has 0 saturated carbocycles. The van der Waals surface area contributed by atoms with Crippen LogP contribution in [0.25, 0.3) is 11.3 Å². The fourth-order valence-electron chi connectivity index (χ4n) is 2.53. The van der Waals surface area contributed by atoms with Crippen molar-refractivity contribution >= 4 is 5.97 Å². The Morgan fingerprint density at radius 2 is 2.16 bits per heavy atom. The average Bonchev–Trinajstić information content (AvgIpc) is 2.81. The molecule has 4 heteroatoms. The maximum atomic E-state index is 13.2. The zero-order valence-corrected chi connectivity index (χ0v) is 10.1. The van der Waals surface area contributed by atoms with Gasteiger partial charge in [-0.3, -0.25) is 9.78 Å². The molecule has 0 bridgehead atoms. The summed E-state index contributed by atoms with van der Waals surface area (Å²) in [5.74, 6) is -1.56. The van der Waals surface area contributed by atoms with Crippen LogP contribution in [0.15, 0.2) is 36.4 Å². The Labute approximate surface area is 109 Å². The van der Waals surface area contributed by atoms with Gasteiger partial charge in [-0.05, 0) is 36.6 Å². The lowest BCUT2D eigenvalue weighted by Gasteiger charge is -2.07. The lowest BCUT2D eigenvalue weighted by Crippen LogP contribution is -2.07. The van der Waals surface area contributed by atoms with E-state index in [1.54, 1.807) is 24.3 Å². The molecule has 1 aromatic heterocycles. The molecule has 19 heavy (non-hydrogen) atoms. The number of nitrogens with zero attached hydrogens (tertiary/aromatic N) is 1. The normalized spacial score (nSPS) is 17.2. The summed E-state index contributed by atoms with van der Waals surface area (Å²) in [4.78, 5) is 15.6. The van der Waals surface area contributed by atoms with E-state index < -0.39 is 11.9 Å². The number of carboxylic acids is 1. The number of hydrogen-bond donors (Lipinski definition) is 1. The summed E-state index contributed by atoms with van der Waals surface area (Å²) >= 11 is 0. The SMILES string of the molecule is O=C(O)C1CCc2nc(-c3cccc(F)c3)ccc21. The van der Waals surface area contributed by atoms with E-state index in [1.807, 2.05) is 0 Å². The van der Waals surface area contributed by atoms with Crippen LogP contribution in [0.3, 0.4) is 0 Å². The highest BCUT2D eigenvalue weighted by molar-refractivity contribution is 5.78. The second-order valence-electron chi connectivity index (χ2n) is 4.67. The zero-order chi connectivity index (χ0) is 13.4. The van der Waals surface area contributed by atoms with Gasteiger partial charge in [-0.25, -0.2) is 4.39 Å². The number of aliphatic carboxylic acids is 1. The van der Waals surface area contributed by atoms with E-state index in [1.165, 1.54) is 12.1 Å². The average molecular weight is 257 g/mol. The summed E-state index contributed by atoms with van der Waals surface area (Å²) in [5, 5.41) is 9.11. The first kappa shape index (κ1) is 11.8. The molecular formula is C15H12FNO2. The highest BCUT2D eigenvalue weighted by Gasteiger charge is 2.29. The van der Waals surface area contributed by atoms with Crippen molar-refractivity contribution in [2.45, 2.75) is 18.8 Å². The molecule has 1 N–H and O–H groups in total. The van der Waals surface area contributed by atoms with E-state index in [9.17, 15) is 9.18 Å². The largest absolute Gasteiger partial charge is 0.481 e. The van der Waals surface area contributed by atoms with Crippen molar-refractivity contribution in [3.8, 4) is 11.3 Å². The van der Waals surface area contributed by atoms with Gasteiger partial charge in [0.15, 0.2) is 0 Å². The molecule has 0 fully saturated rings. The summed E-state index contributed by atoms with van der Waals surface area (Å²) in [6.07, 6.45) is 1.25. The molecule has 0 spiro atoms. The van der Waals surface area contributed by atoms with E-state index in [0.717, 1.165) is 11.3 Å².